The minimum absolute atomic E-state index is 0.497. The first kappa shape index (κ1) is 9.80. The predicted molar refractivity (Wildman–Crippen MR) is 57.2 cm³/mol. The molecule has 1 nitrogen and oxygen atoms in total. The quantitative estimate of drug-likeness (QED) is 0.614. The molecule has 0 bridgehead atoms. The highest BCUT2D eigenvalue weighted by molar-refractivity contribution is 8.14. The molecular weight excluding hydrogens is 192 g/mol. The molecule has 1 saturated heterocycles. The average molecular weight is 208 g/mol. The van der Waals surface area contributed by atoms with Crippen LogP contribution in [0, 0.1) is 0 Å². The topological polar surface area (TPSA) is 17.1 Å². The van der Waals surface area contributed by atoms with Gasteiger partial charge in [0.05, 0.1) is 12.3 Å². The van der Waals surface area contributed by atoms with E-state index in [1.807, 2.05) is 11.8 Å². The van der Waals surface area contributed by atoms with E-state index in [2.05, 4.69) is 19.6 Å². The fourth-order valence-electron chi connectivity index (χ4n) is 1.22. The molecule has 0 spiro atoms. The molecule has 0 aromatic heterocycles. The van der Waals surface area contributed by atoms with Crippen molar-refractivity contribution in [3.8, 4) is 0 Å². The minimum atomic E-state index is -1.16. The summed E-state index contributed by atoms with van der Waals surface area (Å²) < 4.78 is 12.1. The van der Waals surface area contributed by atoms with Crippen LogP contribution in [-0.4, -0.2) is 28.0 Å². The van der Waals surface area contributed by atoms with Crippen molar-refractivity contribution >= 4 is 30.6 Å². The Balaban J connectivity index is 2.62. The molecular formula is C7H16OS2Si. The lowest BCUT2D eigenvalue weighted by Gasteiger charge is -2.30. The van der Waals surface area contributed by atoms with Crippen LogP contribution in [0.2, 0.25) is 19.6 Å². The third-order valence-electron chi connectivity index (χ3n) is 1.70. The third-order valence-corrected chi connectivity index (χ3v) is 11.7. The lowest BCUT2D eigenvalue weighted by Crippen LogP contribution is -2.41. The van der Waals surface area contributed by atoms with Gasteiger partial charge in [-0.25, -0.2) is 0 Å². The minimum Gasteiger partial charge on any atom is -0.259 e. The van der Waals surface area contributed by atoms with Crippen LogP contribution in [0.5, 0.6) is 0 Å². The van der Waals surface area contributed by atoms with Crippen LogP contribution in [0.15, 0.2) is 0 Å². The molecule has 1 fully saturated rings. The molecule has 0 amide bonds. The Labute approximate surface area is 76.8 Å². The Hall–Kier alpha value is 0.717. The maximum atomic E-state index is 11.6. The van der Waals surface area contributed by atoms with Gasteiger partial charge in [-0.3, -0.25) is 4.21 Å². The summed E-state index contributed by atoms with van der Waals surface area (Å²) in [5, 5.41) is 0. The highest BCUT2D eigenvalue weighted by Gasteiger charge is 2.33. The summed E-state index contributed by atoms with van der Waals surface area (Å²) in [6.07, 6.45) is 1.15. The van der Waals surface area contributed by atoms with Gasteiger partial charge in [-0.2, -0.15) is 0 Å². The molecule has 0 aromatic carbocycles. The van der Waals surface area contributed by atoms with Gasteiger partial charge in [-0.1, -0.05) is 19.6 Å². The fourth-order valence-corrected chi connectivity index (χ4v) is 9.62. The van der Waals surface area contributed by atoms with Crippen molar-refractivity contribution in [3.63, 3.8) is 0 Å². The first-order chi connectivity index (χ1) is 5.02. The van der Waals surface area contributed by atoms with Gasteiger partial charge in [-0.05, 0) is 12.2 Å². The van der Waals surface area contributed by atoms with Crippen LogP contribution in [0.4, 0.5) is 0 Å². The lowest BCUT2D eigenvalue weighted by atomic mass is 10.6. The second-order valence-corrected chi connectivity index (χ2v) is 13.3. The van der Waals surface area contributed by atoms with E-state index in [1.54, 1.807) is 0 Å². The van der Waals surface area contributed by atoms with Gasteiger partial charge in [0, 0.05) is 16.6 Å². The van der Waals surface area contributed by atoms with E-state index >= 15 is 0 Å². The standard InChI is InChI=1S/C7H16OS2Si/c1-11(2,3)7-9-5-4-6-10(7)8/h7H,4-6H2,1-3H3/t7-,10+/m1/s1. The van der Waals surface area contributed by atoms with Gasteiger partial charge in [0.1, 0.15) is 0 Å². The zero-order chi connectivity index (χ0) is 8.48. The highest BCUT2D eigenvalue weighted by Crippen LogP contribution is 2.29. The van der Waals surface area contributed by atoms with Crippen LogP contribution < -0.4 is 0 Å². The zero-order valence-electron chi connectivity index (χ0n) is 7.42. The number of thioether (sulfide) groups is 1. The molecule has 66 valence electrons. The Morgan fingerprint density at radius 2 is 2.09 bits per heavy atom. The maximum Gasteiger partial charge on any atom is 0.0746 e. The van der Waals surface area contributed by atoms with Gasteiger partial charge in [0.15, 0.2) is 0 Å². The summed E-state index contributed by atoms with van der Waals surface area (Å²) in [7, 11) is -1.68. The molecule has 0 radical (unpaired) electrons. The number of hydrogen-bond donors (Lipinski definition) is 0. The van der Waals surface area contributed by atoms with Crippen LogP contribution in [0.25, 0.3) is 0 Å². The van der Waals surface area contributed by atoms with Gasteiger partial charge in [0.2, 0.25) is 0 Å². The Morgan fingerprint density at radius 3 is 2.45 bits per heavy atom. The average Bonchev–Trinajstić information content (AvgIpc) is 1.86. The Kier molecular flexibility index (Phi) is 3.23. The number of rotatable bonds is 1. The van der Waals surface area contributed by atoms with Crippen molar-refractivity contribution in [1.82, 2.24) is 0 Å². The molecule has 0 aromatic rings. The zero-order valence-corrected chi connectivity index (χ0v) is 10.1. The van der Waals surface area contributed by atoms with Crippen LogP contribution >= 0.6 is 11.8 Å². The van der Waals surface area contributed by atoms with E-state index in [9.17, 15) is 4.21 Å². The van der Waals surface area contributed by atoms with Crippen LogP contribution in [0.3, 0.4) is 0 Å². The summed E-state index contributed by atoms with van der Waals surface area (Å²) >= 11 is 1.94. The molecule has 0 aliphatic carbocycles. The maximum absolute atomic E-state index is 11.6. The molecule has 0 unspecified atom stereocenters. The normalized spacial score (nSPS) is 33.7. The molecule has 4 heteroatoms. The van der Waals surface area contributed by atoms with Crippen molar-refractivity contribution in [2.24, 2.45) is 0 Å². The predicted octanol–water partition coefficient (Wildman–Crippen LogP) is 2.08. The molecule has 11 heavy (non-hydrogen) atoms. The molecule has 1 heterocycles. The van der Waals surface area contributed by atoms with Crippen LogP contribution in [-0.2, 0) is 10.8 Å². The fraction of sp³-hybridized carbons (Fsp3) is 1.00. The molecule has 0 N–H and O–H groups in total. The van der Waals surface area contributed by atoms with Gasteiger partial charge < -0.3 is 0 Å². The summed E-state index contributed by atoms with van der Waals surface area (Å²) in [4.78, 5) is 0. The third kappa shape index (κ3) is 2.59. The van der Waals surface area contributed by atoms with E-state index in [4.69, 9.17) is 0 Å². The monoisotopic (exact) mass is 208 g/mol. The first-order valence-electron chi connectivity index (χ1n) is 4.00. The smallest absolute Gasteiger partial charge is 0.0746 e. The van der Waals surface area contributed by atoms with Gasteiger partial charge in [0.25, 0.3) is 0 Å². The second-order valence-electron chi connectivity index (χ2n) is 4.01. The van der Waals surface area contributed by atoms with Crippen molar-refractivity contribution in [1.29, 1.82) is 0 Å². The summed E-state index contributed by atoms with van der Waals surface area (Å²) in [5.74, 6) is 2.17. The van der Waals surface area contributed by atoms with Crippen molar-refractivity contribution < 1.29 is 4.21 Å². The molecule has 2 atom stereocenters. The van der Waals surface area contributed by atoms with E-state index in [1.165, 1.54) is 5.75 Å². The van der Waals surface area contributed by atoms with Crippen molar-refractivity contribution in [2.45, 2.75) is 30.3 Å². The molecule has 1 rings (SSSR count). The second kappa shape index (κ2) is 3.62. The van der Waals surface area contributed by atoms with E-state index in [-0.39, 0.29) is 0 Å². The lowest BCUT2D eigenvalue weighted by molar-refractivity contribution is 0.682. The van der Waals surface area contributed by atoms with Crippen molar-refractivity contribution in [3.05, 3.63) is 0 Å². The number of hydrogen-bond acceptors (Lipinski definition) is 2. The van der Waals surface area contributed by atoms with E-state index < -0.39 is 18.9 Å². The first-order valence-corrected chi connectivity index (χ1v) is 10.0. The summed E-state index contributed by atoms with van der Waals surface area (Å²) in [6, 6.07) is 0. The largest absolute Gasteiger partial charge is 0.259 e. The Bertz CT molecular complexity index is 164. The summed E-state index contributed by atoms with van der Waals surface area (Å²) in [5.41, 5.74) is 0. The molecule has 0 saturated carbocycles. The highest BCUT2D eigenvalue weighted by atomic mass is 32.2. The van der Waals surface area contributed by atoms with Gasteiger partial charge >= 0.3 is 0 Å². The molecule has 1 aliphatic rings. The Morgan fingerprint density at radius 1 is 1.45 bits per heavy atom. The van der Waals surface area contributed by atoms with Crippen LogP contribution in [0.1, 0.15) is 6.42 Å². The summed E-state index contributed by atoms with van der Waals surface area (Å²) in [6.45, 7) is 6.94. The van der Waals surface area contributed by atoms with Crippen molar-refractivity contribution in [2.75, 3.05) is 11.5 Å². The van der Waals surface area contributed by atoms with E-state index in [0.717, 1.165) is 12.2 Å². The van der Waals surface area contributed by atoms with Gasteiger partial charge in [-0.15, -0.1) is 11.8 Å². The SMILES string of the molecule is C[Si](C)(C)[C@@H]1SCCC[S@@]1=O. The van der Waals surface area contributed by atoms with E-state index in [0.29, 0.717) is 4.21 Å². The molecule has 1 aliphatic heterocycles.